The Morgan fingerprint density at radius 1 is 1.11 bits per heavy atom. The number of amides is 1. The van der Waals surface area contributed by atoms with Gasteiger partial charge >= 0.3 is 5.69 Å². The molecule has 10 nitrogen and oxygen atoms in total. The number of carbonyl (C=O) groups is 2. The summed E-state index contributed by atoms with van der Waals surface area (Å²) in [4.78, 5) is 38.2. The van der Waals surface area contributed by atoms with Gasteiger partial charge in [-0.1, -0.05) is 29.3 Å². The molecule has 4 rings (SSSR count). The number of aliphatic hydroxyl groups excluding tert-OH is 1. The zero-order valence-corrected chi connectivity index (χ0v) is 20.3. The topological polar surface area (TPSA) is 154 Å². The molecule has 0 spiro atoms. The smallest absolute Gasteiger partial charge is 0.311 e. The highest BCUT2D eigenvalue weighted by molar-refractivity contribution is 6.51. The Kier molecular flexibility index (Phi) is 6.76. The summed E-state index contributed by atoms with van der Waals surface area (Å²) in [5.74, 6) is -3.24. The Morgan fingerprint density at radius 2 is 1.73 bits per heavy atom. The third kappa shape index (κ3) is 4.42. The number of aromatic hydroxyl groups is 1. The lowest BCUT2D eigenvalue weighted by molar-refractivity contribution is -0.385. The molecule has 0 saturated carbocycles. The average molecular weight is 540 g/mol. The molecule has 12 heteroatoms. The molecule has 0 bridgehead atoms. The molecule has 1 fully saturated rings. The lowest BCUT2D eigenvalue weighted by Crippen LogP contribution is -2.29. The molecular weight excluding hydrogens is 525 g/mol. The summed E-state index contributed by atoms with van der Waals surface area (Å²) in [6, 6.07) is 12.2. The van der Waals surface area contributed by atoms with E-state index >= 15 is 0 Å². The van der Waals surface area contributed by atoms with Crippen LogP contribution in [0.15, 0.2) is 60.2 Å². The van der Waals surface area contributed by atoms with E-state index in [1.807, 2.05) is 6.07 Å². The molecule has 0 aliphatic carbocycles. The molecular formula is C25H15Cl2N3O7. The number of nitrogens with zero attached hydrogens (tertiary/aromatic N) is 3. The number of nitro groups is 1. The number of benzene rings is 3. The summed E-state index contributed by atoms with van der Waals surface area (Å²) in [5, 5.41) is 41.8. The second-order valence-corrected chi connectivity index (χ2v) is 8.62. The van der Waals surface area contributed by atoms with Crippen molar-refractivity contribution < 1.29 is 29.5 Å². The van der Waals surface area contributed by atoms with Gasteiger partial charge in [0, 0.05) is 17.3 Å². The van der Waals surface area contributed by atoms with Gasteiger partial charge in [-0.2, -0.15) is 5.26 Å². The van der Waals surface area contributed by atoms with Crippen LogP contribution in [0, 0.1) is 21.4 Å². The first-order valence-corrected chi connectivity index (χ1v) is 11.2. The first-order chi connectivity index (χ1) is 17.6. The van der Waals surface area contributed by atoms with E-state index in [0.717, 1.165) is 17.0 Å². The van der Waals surface area contributed by atoms with Crippen molar-refractivity contribution >= 4 is 52.0 Å². The summed E-state index contributed by atoms with van der Waals surface area (Å²) in [6.07, 6.45) is 0. The number of ketones is 1. The van der Waals surface area contributed by atoms with Crippen molar-refractivity contribution in [1.82, 2.24) is 0 Å². The van der Waals surface area contributed by atoms with Gasteiger partial charge in [0.15, 0.2) is 11.5 Å². The number of halogens is 2. The van der Waals surface area contributed by atoms with Gasteiger partial charge in [0.1, 0.15) is 5.76 Å². The minimum atomic E-state index is -1.34. The maximum atomic E-state index is 13.3. The van der Waals surface area contributed by atoms with Gasteiger partial charge in [0.2, 0.25) is 0 Å². The van der Waals surface area contributed by atoms with Crippen molar-refractivity contribution in [2.24, 2.45) is 0 Å². The van der Waals surface area contributed by atoms with Crippen LogP contribution in [0.5, 0.6) is 11.5 Å². The summed E-state index contributed by atoms with van der Waals surface area (Å²) in [5.41, 5.74) is -0.538. The van der Waals surface area contributed by atoms with Crippen molar-refractivity contribution in [3.05, 3.63) is 97.0 Å². The monoisotopic (exact) mass is 539 g/mol. The summed E-state index contributed by atoms with van der Waals surface area (Å²) in [6.45, 7) is 0. The quantitative estimate of drug-likeness (QED) is 0.149. The minimum Gasteiger partial charge on any atom is -0.507 e. The largest absolute Gasteiger partial charge is 0.507 e. The Labute approximate surface area is 219 Å². The normalized spacial score (nSPS) is 16.5. The van der Waals surface area contributed by atoms with Crippen molar-refractivity contribution in [2.75, 3.05) is 12.0 Å². The fourth-order valence-corrected chi connectivity index (χ4v) is 4.66. The molecule has 1 atom stereocenters. The highest BCUT2D eigenvalue weighted by Gasteiger charge is 2.47. The van der Waals surface area contributed by atoms with Crippen LogP contribution < -0.4 is 9.64 Å². The van der Waals surface area contributed by atoms with Gasteiger partial charge in [-0.3, -0.25) is 24.6 Å². The zero-order valence-electron chi connectivity index (χ0n) is 18.8. The molecule has 37 heavy (non-hydrogen) atoms. The van der Waals surface area contributed by atoms with Crippen LogP contribution in [-0.2, 0) is 9.59 Å². The maximum Gasteiger partial charge on any atom is 0.311 e. The number of ether oxygens (including phenoxy) is 1. The van der Waals surface area contributed by atoms with E-state index in [9.17, 15) is 29.9 Å². The number of hydrogen-bond acceptors (Lipinski definition) is 8. The number of Topliss-reactive ketones (excluding diaryl/α,β-unsaturated/α-hetero) is 1. The number of anilines is 1. The van der Waals surface area contributed by atoms with Crippen LogP contribution in [0.4, 0.5) is 11.4 Å². The van der Waals surface area contributed by atoms with E-state index in [1.54, 1.807) is 0 Å². The number of nitro benzene ring substituents is 1. The number of aliphatic hydroxyl groups is 1. The van der Waals surface area contributed by atoms with E-state index in [0.29, 0.717) is 5.56 Å². The van der Waals surface area contributed by atoms with Crippen LogP contribution in [0.2, 0.25) is 10.0 Å². The van der Waals surface area contributed by atoms with Crippen LogP contribution in [0.25, 0.3) is 5.76 Å². The zero-order chi connectivity index (χ0) is 27.0. The molecule has 3 aromatic carbocycles. The van der Waals surface area contributed by atoms with Gasteiger partial charge in [-0.25, -0.2) is 0 Å². The van der Waals surface area contributed by atoms with E-state index in [4.69, 9.17) is 33.2 Å². The first kappa shape index (κ1) is 25.5. The predicted octanol–water partition coefficient (Wildman–Crippen LogP) is 5.11. The first-order valence-electron chi connectivity index (χ1n) is 10.4. The molecule has 186 valence electrons. The summed E-state index contributed by atoms with van der Waals surface area (Å²) < 4.78 is 5.10. The van der Waals surface area contributed by atoms with Crippen molar-refractivity contribution in [2.45, 2.75) is 6.04 Å². The molecule has 1 aliphatic heterocycles. The standard InChI is InChI=1S/C25H15Cl2N3O7/c1-37-24-16(26)8-14(9-17(24)27)22(32)20-21(13-4-7-19(31)18(10-13)30(35)36)29(25(34)23(20)33)15-5-2-12(11-28)3-6-15/h2-10,21,31-32H,1H3/b22-20+. The third-order valence-electron chi connectivity index (χ3n) is 5.71. The van der Waals surface area contributed by atoms with Gasteiger partial charge < -0.3 is 14.9 Å². The highest BCUT2D eigenvalue weighted by atomic mass is 35.5. The Balaban J connectivity index is 2.00. The number of nitriles is 1. The Hall–Kier alpha value is -4.59. The Morgan fingerprint density at radius 3 is 2.27 bits per heavy atom. The van der Waals surface area contributed by atoms with E-state index in [-0.39, 0.29) is 32.6 Å². The van der Waals surface area contributed by atoms with E-state index in [2.05, 4.69) is 0 Å². The molecule has 1 amide bonds. The molecule has 1 unspecified atom stereocenters. The van der Waals surface area contributed by atoms with Crippen LogP contribution in [0.1, 0.15) is 22.7 Å². The molecule has 1 saturated heterocycles. The molecule has 0 aromatic heterocycles. The number of carbonyl (C=O) groups excluding carboxylic acids is 2. The molecule has 1 aliphatic rings. The van der Waals surface area contributed by atoms with Crippen LogP contribution >= 0.6 is 23.2 Å². The van der Waals surface area contributed by atoms with Gasteiger partial charge in [0.25, 0.3) is 11.7 Å². The number of hydrogen-bond donors (Lipinski definition) is 2. The molecule has 0 radical (unpaired) electrons. The number of phenols is 1. The number of phenolic OH excluding ortho intramolecular Hbond substituents is 1. The SMILES string of the molecule is COc1c(Cl)cc(/C(O)=C2\C(=O)C(=O)N(c3ccc(C#N)cc3)C2c2ccc(O)c([N+](=O)[O-])c2)cc1Cl. The number of methoxy groups -OCH3 is 1. The molecule has 2 N–H and O–H groups in total. The average Bonchev–Trinajstić information content (AvgIpc) is 3.13. The van der Waals surface area contributed by atoms with Crippen LogP contribution in [0.3, 0.4) is 0 Å². The number of rotatable bonds is 5. The van der Waals surface area contributed by atoms with Gasteiger partial charge in [-0.15, -0.1) is 0 Å². The lowest BCUT2D eigenvalue weighted by Gasteiger charge is -2.25. The lowest BCUT2D eigenvalue weighted by atomic mass is 9.94. The van der Waals surface area contributed by atoms with Gasteiger partial charge in [0.05, 0.1) is 45.3 Å². The maximum absolute atomic E-state index is 13.3. The second-order valence-electron chi connectivity index (χ2n) is 7.81. The second kappa shape index (κ2) is 9.81. The summed E-state index contributed by atoms with van der Waals surface area (Å²) in [7, 11) is 1.34. The van der Waals surface area contributed by atoms with E-state index in [1.165, 1.54) is 49.6 Å². The third-order valence-corrected chi connectivity index (χ3v) is 6.27. The highest BCUT2D eigenvalue weighted by Crippen LogP contribution is 2.45. The minimum absolute atomic E-state index is 0.00749. The predicted molar refractivity (Wildman–Crippen MR) is 134 cm³/mol. The fraction of sp³-hybridized carbons (Fsp3) is 0.0800. The molecule has 3 aromatic rings. The van der Waals surface area contributed by atoms with Crippen LogP contribution in [-0.4, -0.2) is 33.9 Å². The summed E-state index contributed by atoms with van der Waals surface area (Å²) >= 11 is 12.4. The van der Waals surface area contributed by atoms with Crippen molar-refractivity contribution in [3.63, 3.8) is 0 Å². The van der Waals surface area contributed by atoms with Gasteiger partial charge in [-0.05, 0) is 48.0 Å². The fourth-order valence-electron chi connectivity index (χ4n) is 4.01. The van der Waals surface area contributed by atoms with Crippen molar-refractivity contribution in [1.29, 1.82) is 5.26 Å². The van der Waals surface area contributed by atoms with E-state index < -0.39 is 45.4 Å². The van der Waals surface area contributed by atoms with Crippen molar-refractivity contribution in [3.8, 4) is 17.6 Å². The molecule has 1 heterocycles. The Bertz CT molecular complexity index is 1520.